The van der Waals surface area contributed by atoms with Crippen molar-refractivity contribution in [2.75, 3.05) is 38.3 Å². The largest absolute Gasteiger partial charge is 0.417 e. The van der Waals surface area contributed by atoms with E-state index in [1.165, 1.54) is 12.1 Å². The van der Waals surface area contributed by atoms with E-state index >= 15 is 0 Å². The Balaban J connectivity index is 1.80. The standard InChI is InChI=1S/C20H24F3N3O2/c1-28-13-17-12-25(8-9-26(17)19(27)14-4-2-3-5-14)16-7-6-15(11-24)18(10-16)20(21,22)23/h6-7,10,14,17H,2-5,8-9,12-13H2,1H3. The lowest BCUT2D eigenvalue weighted by Gasteiger charge is -2.43. The van der Waals surface area contributed by atoms with Gasteiger partial charge in [-0.15, -0.1) is 0 Å². The molecule has 0 N–H and O–H groups in total. The Morgan fingerprint density at radius 2 is 2.00 bits per heavy atom. The Bertz CT molecular complexity index is 754. The summed E-state index contributed by atoms with van der Waals surface area (Å²) in [6, 6.07) is 5.16. The van der Waals surface area contributed by atoms with Crippen molar-refractivity contribution in [3.05, 3.63) is 29.3 Å². The fourth-order valence-corrected chi connectivity index (χ4v) is 4.18. The van der Waals surface area contributed by atoms with Gasteiger partial charge in [-0.25, -0.2) is 0 Å². The predicted octanol–water partition coefficient (Wildman–Crippen LogP) is 3.43. The van der Waals surface area contributed by atoms with E-state index < -0.39 is 11.7 Å². The van der Waals surface area contributed by atoms with Gasteiger partial charge in [0.2, 0.25) is 5.91 Å². The van der Waals surface area contributed by atoms with Gasteiger partial charge in [-0.05, 0) is 31.0 Å². The minimum atomic E-state index is -4.59. The van der Waals surface area contributed by atoms with Gasteiger partial charge in [-0.3, -0.25) is 4.79 Å². The summed E-state index contributed by atoms with van der Waals surface area (Å²) in [6.07, 6.45) is -0.645. The SMILES string of the molecule is COCC1CN(c2ccc(C#N)c(C(F)(F)F)c2)CCN1C(=O)C1CCCC1. The van der Waals surface area contributed by atoms with Crippen LogP contribution in [0, 0.1) is 17.2 Å². The highest BCUT2D eigenvalue weighted by Gasteiger charge is 2.37. The number of nitrogens with zero attached hydrogens (tertiary/aromatic N) is 3. The Morgan fingerprint density at radius 3 is 2.61 bits per heavy atom. The van der Waals surface area contributed by atoms with Gasteiger partial charge in [0, 0.05) is 38.3 Å². The van der Waals surface area contributed by atoms with Crippen molar-refractivity contribution >= 4 is 11.6 Å². The zero-order valence-electron chi connectivity index (χ0n) is 15.8. The number of halogens is 3. The number of benzene rings is 1. The molecule has 1 aromatic carbocycles. The van der Waals surface area contributed by atoms with Crippen LogP contribution >= 0.6 is 0 Å². The monoisotopic (exact) mass is 395 g/mol. The predicted molar refractivity (Wildman–Crippen MR) is 97.7 cm³/mol. The van der Waals surface area contributed by atoms with Crippen LogP contribution in [-0.2, 0) is 15.7 Å². The van der Waals surface area contributed by atoms with Gasteiger partial charge in [0.1, 0.15) is 0 Å². The molecule has 0 radical (unpaired) electrons. The highest BCUT2D eigenvalue weighted by Crippen LogP contribution is 2.35. The second-order valence-electron chi connectivity index (χ2n) is 7.41. The lowest BCUT2D eigenvalue weighted by Crippen LogP contribution is -2.58. The first kappa shape index (κ1) is 20.5. The Hall–Kier alpha value is -2.27. The third-order valence-corrected chi connectivity index (χ3v) is 5.62. The Morgan fingerprint density at radius 1 is 1.29 bits per heavy atom. The summed E-state index contributed by atoms with van der Waals surface area (Å²) in [5.74, 6) is 0.188. The number of ether oxygens (including phenoxy) is 1. The normalized spacial score (nSPS) is 21.0. The summed E-state index contributed by atoms with van der Waals surface area (Å²) in [7, 11) is 1.56. The number of alkyl halides is 3. The number of anilines is 1. The lowest BCUT2D eigenvalue weighted by atomic mass is 10.0. The van der Waals surface area contributed by atoms with E-state index in [-0.39, 0.29) is 23.4 Å². The maximum absolute atomic E-state index is 13.3. The molecule has 2 aliphatic rings. The molecule has 2 fully saturated rings. The molecule has 1 saturated heterocycles. The van der Waals surface area contributed by atoms with Crippen molar-refractivity contribution in [1.29, 1.82) is 5.26 Å². The quantitative estimate of drug-likeness (QED) is 0.784. The summed E-state index contributed by atoms with van der Waals surface area (Å²) in [6.45, 7) is 1.62. The number of rotatable bonds is 4. The van der Waals surface area contributed by atoms with Crippen molar-refractivity contribution < 1.29 is 22.7 Å². The van der Waals surface area contributed by atoms with Crippen molar-refractivity contribution in [2.45, 2.75) is 37.9 Å². The van der Waals surface area contributed by atoms with Gasteiger partial charge in [0.05, 0.1) is 29.8 Å². The number of methoxy groups -OCH3 is 1. The molecule has 1 aliphatic carbocycles. The van der Waals surface area contributed by atoms with E-state index in [1.54, 1.807) is 13.2 Å². The van der Waals surface area contributed by atoms with Crippen LogP contribution in [0.5, 0.6) is 0 Å². The maximum Gasteiger partial charge on any atom is 0.417 e. The second-order valence-corrected chi connectivity index (χ2v) is 7.41. The maximum atomic E-state index is 13.3. The topological polar surface area (TPSA) is 56.6 Å². The van der Waals surface area contributed by atoms with E-state index in [2.05, 4.69) is 0 Å². The van der Waals surface area contributed by atoms with Gasteiger partial charge in [-0.2, -0.15) is 18.4 Å². The minimum Gasteiger partial charge on any atom is -0.382 e. The molecule has 1 saturated carbocycles. The van der Waals surface area contributed by atoms with Crippen molar-refractivity contribution in [3.8, 4) is 6.07 Å². The number of hydrogen-bond acceptors (Lipinski definition) is 4. The van der Waals surface area contributed by atoms with Crippen LogP contribution < -0.4 is 4.90 Å². The number of piperazine rings is 1. The number of carbonyl (C=O) groups is 1. The zero-order valence-corrected chi connectivity index (χ0v) is 15.8. The molecule has 5 nitrogen and oxygen atoms in total. The molecule has 0 bridgehead atoms. The van der Waals surface area contributed by atoms with E-state index in [1.807, 2.05) is 9.80 Å². The minimum absolute atomic E-state index is 0.0534. The van der Waals surface area contributed by atoms with Crippen molar-refractivity contribution in [3.63, 3.8) is 0 Å². The molecule has 1 amide bonds. The molecular formula is C20H24F3N3O2. The van der Waals surface area contributed by atoms with Gasteiger partial charge in [0.25, 0.3) is 0 Å². The fraction of sp³-hybridized carbons (Fsp3) is 0.600. The molecule has 28 heavy (non-hydrogen) atoms. The lowest BCUT2D eigenvalue weighted by molar-refractivity contribution is -0.139. The van der Waals surface area contributed by atoms with Crippen LogP contribution in [0.25, 0.3) is 0 Å². The number of amides is 1. The molecule has 152 valence electrons. The first-order chi connectivity index (χ1) is 13.3. The summed E-state index contributed by atoms with van der Waals surface area (Å²) in [4.78, 5) is 16.5. The molecule has 0 spiro atoms. The molecule has 8 heteroatoms. The van der Waals surface area contributed by atoms with Gasteiger partial charge in [-0.1, -0.05) is 12.8 Å². The van der Waals surface area contributed by atoms with Crippen molar-refractivity contribution in [2.24, 2.45) is 5.92 Å². The van der Waals surface area contributed by atoms with E-state index in [4.69, 9.17) is 10.00 Å². The Labute approximate surface area is 162 Å². The van der Waals surface area contributed by atoms with Gasteiger partial charge >= 0.3 is 6.18 Å². The summed E-state index contributed by atoms with van der Waals surface area (Å²) >= 11 is 0. The van der Waals surface area contributed by atoms with Crippen LogP contribution in [0.15, 0.2) is 18.2 Å². The van der Waals surface area contributed by atoms with Crippen LogP contribution in [0.3, 0.4) is 0 Å². The molecule has 1 unspecified atom stereocenters. The van der Waals surface area contributed by atoms with Crippen LogP contribution in [0.4, 0.5) is 18.9 Å². The summed E-state index contributed by atoms with van der Waals surface area (Å²) in [5.41, 5.74) is -0.916. The smallest absolute Gasteiger partial charge is 0.382 e. The third kappa shape index (κ3) is 4.25. The molecule has 1 atom stereocenters. The number of nitriles is 1. The summed E-state index contributed by atoms with van der Waals surface area (Å²) < 4.78 is 45.1. The van der Waals surface area contributed by atoms with E-state index in [0.29, 0.717) is 31.9 Å². The molecular weight excluding hydrogens is 371 g/mol. The first-order valence-corrected chi connectivity index (χ1v) is 9.51. The molecule has 0 aromatic heterocycles. The molecule has 3 rings (SSSR count). The third-order valence-electron chi connectivity index (χ3n) is 5.62. The van der Waals surface area contributed by atoms with E-state index in [9.17, 15) is 18.0 Å². The van der Waals surface area contributed by atoms with Crippen LogP contribution in [-0.4, -0.2) is 50.2 Å². The Kier molecular flexibility index (Phi) is 6.14. The number of hydrogen-bond donors (Lipinski definition) is 0. The summed E-state index contributed by atoms with van der Waals surface area (Å²) in [5, 5.41) is 8.97. The van der Waals surface area contributed by atoms with Crippen LogP contribution in [0.2, 0.25) is 0 Å². The molecule has 1 heterocycles. The van der Waals surface area contributed by atoms with Crippen molar-refractivity contribution in [1.82, 2.24) is 4.90 Å². The zero-order chi connectivity index (χ0) is 20.3. The average molecular weight is 395 g/mol. The van der Waals surface area contributed by atoms with Crippen LogP contribution in [0.1, 0.15) is 36.8 Å². The highest BCUT2D eigenvalue weighted by atomic mass is 19.4. The molecule has 1 aromatic rings. The second kappa shape index (κ2) is 8.39. The number of carbonyl (C=O) groups excluding carboxylic acids is 1. The fourth-order valence-electron chi connectivity index (χ4n) is 4.18. The van der Waals surface area contributed by atoms with E-state index in [0.717, 1.165) is 31.7 Å². The highest BCUT2D eigenvalue weighted by molar-refractivity contribution is 5.80. The van der Waals surface area contributed by atoms with Gasteiger partial charge < -0.3 is 14.5 Å². The molecule has 1 aliphatic heterocycles. The van der Waals surface area contributed by atoms with Gasteiger partial charge in [0.15, 0.2) is 0 Å². The first-order valence-electron chi connectivity index (χ1n) is 9.51. The average Bonchev–Trinajstić information content (AvgIpc) is 3.21.